The third kappa shape index (κ3) is 5.37. The van der Waals surface area contributed by atoms with E-state index in [4.69, 9.17) is 9.63 Å². The van der Waals surface area contributed by atoms with Crippen LogP contribution in [0.2, 0.25) is 0 Å². The third-order valence-electron chi connectivity index (χ3n) is 4.74. The van der Waals surface area contributed by atoms with Crippen molar-refractivity contribution in [3.63, 3.8) is 0 Å². The number of hydrogen-bond acceptors (Lipinski definition) is 7. The molecule has 0 aliphatic carbocycles. The summed E-state index contributed by atoms with van der Waals surface area (Å²) >= 11 is 0. The van der Waals surface area contributed by atoms with Gasteiger partial charge in [-0.1, -0.05) is 17.3 Å². The summed E-state index contributed by atoms with van der Waals surface area (Å²) in [6, 6.07) is 6.32. The largest absolute Gasteiger partial charge is 0.481 e. The van der Waals surface area contributed by atoms with Crippen molar-refractivity contribution < 1.29 is 22.8 Å². The summed E-state index contributed by atoms with van der Waals surface area (Å²) in [5.41, 5.74) is 0.321. The average Bonchev–Trinajstić information content (AvgIpc) is 3.16. The lowest BCUT2D eigenvalue weighted by Crippen LogP contribution is -2.27. The number of piperidine rings is 1. The van der Waals surface area contributed by atoms with Gasteiger partial charge in [0.05, 0.1) is 11.3 Å². The van der Waals surface area contributed by atoms with E-state index in [-0.39, 0.29) is 23.7 Å². The van der Waals surface area contributed by atoms with Crippen molar-refractivity contribution in [3.8, 4) is 11.4 Å². The van der Waals surface area contributed by atoms with Gasteiger partial charge in [-0.25, -0.2) is 13.1 Å². The van der Waals surface area contributed by atoms with Crippen LogP contribution >= 0.6 is 0 Å². The lowest BCUT2D eigenvalue weighted by Gasteiger charge is -2.21. The molecule has 0 bridgehead atoms. The third-order valence-corrected chi connectivity index (χ3v) is 6.26. The Labute approximate surface area is 163 Å². The molecule has 1 aliphatic rings. The van der Waals surface area contributed by atoms with Crippen LogP contribution in [0, 0.1) is 5.92 Å². The SMILES string of the molecule is O=C(O)CCNS(=O)(=O)c1ccccc1-c1noc(CCC2CCNCC2)n1. The fraction of sp³-hybridized carbons (Fsp3) is 0.500. The number of carboxylic acids is 1. The zero-order chi connectivity index (χ0) is 20.0. The van der Waals surface area contributed by atoms with Crippen LogP contribution in [0.1, 0.15) is 31.6 Å². The minimum Gasteiger partial charge on any atom is -0.481 e. The van der Waals surface area contributed by atoms with E-state index >= 15 is 0 Å². The Morgan fingerprint density at radius 1 is 1.29 bits per heavy atom. The standard InChI is InChI=1S/C18H24N4O5S/c23-17(24)9-12-20-28(25,26)15-4-2-1-3-14(15)18-21-16(27-22-18)6-5-13-7-10-19-11-8-13/h1-4,13,19-20H,5-12H2,(H,23,24). The van der Waals surface area contributed by atoms with E-state index < -0.39 is 16.0 Å². The van der Waals surface area contributed by atoms with Gasteiger partial charge in [0, 0.05) is 18.5 Å². The maximum absolute atomic E-state index is 12.6. The Hall–Kier alpha value is -2.30. The van der Waals surface area contributed by atoms with Crippen LogP contribution in [0.5, 0.6) is 0 Å². The molecule has 1 aliphatic heterocycles. The van der Waals surface area contributed by atoms with E-state index in [0.29, 0.717) is 23.8 Å². The summed E-state index contributed by atoms with van der Waals surface area (Å²) in [5, 5.41) is 16.0. The van der Waals surface area contributed by atoms with Crippen LogP contribution < -0.4 is 10.0 Å². The van der Waals surface area contributed by atoms with Crippen molar-refractivity contribution in [2.75, 3.05) is 19.6 Å². The molecule has 0 radical (unpaired) electrons. The summed E-state index contributed by atoms with van der Waals surface area (Å²) in [4.78, 5) is 15.0. The lowest BCUT2D eigenvalue weighted by molar-refractivity contribution is -0.136. The van der Waals surface area contributed by atoms with Gasteiger partial charge in [-0.05, 0) is 50.4 Å². The van der Waals surface area contributed by atoms with Crippen LogP contribution in [0.15, 0.2) is 33.7 Å². The molecule has 3 rings (SSSR count). The van der Waals surface area contributed by atoms with E-state index in [9.17, 15) is 13.2 Å². The van der Waals surface area contributed by atoms with Crippen LogP contribution in [0.4, 0.5) is 0 Å². The number of nitrogens with one attached hydrogen (secondary N) is 2. The summed E-state index contributed by atoms with van der Waals surface area (Å²) in [7, 11) is -3.90. The predicted molar refractivity (Wildman–Crippen MR) is 101 cm³/mol. The Bertz CT molecular complexity index is 906. The minimum absolute atomic E-state index is 0.00825. The van der Waals surface area contributed by atoms with Gasteiger partial charge < -0.3 is 14.9 Å². The number of carboxylic acid groups (broad SMARTS) is 1. The number of aliphatic carboxylic acids is 1. The second-order valence-corrected chi connectivity index (χ2v) is 8.52. The maximum Gasteiger partial charge on any atom is 0.304 e. The highest BCUT2D eigenvalue weighted by Gasteiger charge is 2.22. The zero-order valence-corrected chi connectivity index (χ0v) is 16.2. The van der Waals surface area contributed by atoms with E-state index in [1.807, 2.05) is 0 Å². The number of aryl methyl sites for hydroxylation is 1. The van der Waals surface area contributed by atoms with Crippen molar-refractivity contribution in [2.45, 2.75) is 37.0 Å². The summed E-state index contributed by atoms with van der Waals surface area (Å²) in [6.45, 7) is 1.86. The molecule has 3 N–H and O–H groups in total. The minimum atomic E-state index is -3.90. The van der Waals surface area contributed by atoms with Gasteiger partial charge in [0.2, 0.25) is 21.7 Å². The van der Waals surface area contributed by atoms with E-state index in [1.54, 1.807) is 18.2 Å². The van der Waals surface area contributed by atoms with Crippen molar-refractivity contribution in [1.82, 2.24) is 20.2 Å². The van der Waals surface area contributed by atoms with Gasteiger partial charge in [-0.15, -0.1) is 0 Å². The van der Waals surface area contributed by atoms with E-state index in [1.165, 1.54) is 6.07 Å². The molecule has 152 valence electrons. The molecule has 1 saturated heterocycles. The molecule has 0 atom stereocenters. The molecule has 2 aromatic rings. The number of benzene rings is 1. The smallest absolute Gasteiger partial charge is 0.304 e. The second-order valence-electron chi connectivity index (χ2n) is 6.78. The summed E-state index contributed by atoms with van der Waals surface area (Å²) < 4.78 is 32.7. The molecule has 1 aromatic heterocycles. The quantitative estimate of drug-likeness (QED) is 0.567. The van der Waals surface area contributed by atoms with Crippen molar-refractivity contribution in [1.29, 1.82) is 0 Å². The van der Waals surface area contributed by atoms with Crippen LogP contribution in [0.25, 0.3) is 11.4 Å². The molecule has 10 heteroatoms. The molecule has 1 fully saturated rings. The lowest BCUT2D eigenvalue weighted by atomic mass is 9.93. The van der Waals surface area contributed by atoms with Crippen molar-refractivity contribution in [2.24, 2.45) is 5.92 Å². The first-order valence-corrected chi connectivity index (χ1v) is 10.8. The van der Waals surface area contributed by atoms with Gasteiger partial charge in [0.1, 0.15) is 0 Å². The van der Waals surface area contributed by atoms with Crippen LogP contribution in [0.3, 0.4) is 0 Å². The molecule has 0 saturated carbocycles. The first kappa shape index (κ1) is 20.4. The van der Waals surface area contributed by atoms with E-state index in [2.05, 4.69) is 20.2 Å². The monoisotopic (exact) mass is 408 g/mol. The van der Waals surface area contributed by atoms with Gasteiger partial charge >= 0.3 is 5.97 Å². The molecule has 1 aromatic carbocycles. The van der Waals surface area contributed by atoms with Gasteiger partial charge in [0.15, 0.2) is 0 Å². The van der Waals surface area contributed by atoms with Crippen molar-refractivity contribution in [3.05, 3.63) is 30.2 Å². The molecular weight excluding hydrogens is 384 g/mol. The normalized spacial score (nSPS) is 15.6. The van der Waals surface area contributed by atoms with Gasteiger partial charge in [-0.2, -0.15) is 4.98 Å². The molecule has 2 heterocycles. The highest BCUT2D eigenvalue weighted by atomic mass is 32.2. The maximum atomic E-state index is 12.6. The van der Waals surface area contributed by atoms with Gasteiger partial charge in [-0.3, -0.25) is 4.79 Å². The number of nitrogens with zero attached hydrogens (tertiary/aromatic N) is 2. The molecule has 0 unspecified atom stereocenters. The molecule has 0 spiro atoms. The Morgan fingerprint density at radius 3 is 2.79 bits per heavy atom. The Balaban J connectivity index is 1.72. The molecule has 9 nitrogen and oxygen atoms in total. The molecule has 0 amide bonds. The predicted octanol–water partition coefficient (Wildman–Crippen LogP) is 1.42. The highest BCUT2D eigenvalue weighted by Crippen LogP contribution is 2.26. The number of rotatable bonds is 9. The highest BCUT2D eigenvalue weighted by molar-refractivity contribution is 7.89. The molecular formula is C18H24N4O5S. The number of hydrogen-bond donors (Lipinski definition) is 3. The number of carbonyl (C=O) groups is 1. The second kappa shape index (κ2) is 9.26. The van der Waals surface area contributed by atoms with Crippen LogP contribution in [-0.2, 0) is 21.2 Å². The summed E-state index contributed by atoms with van der Waals surface area (Å²) in [6.07, 6.45) is 3.57. The number of aromatic nitrogens is 2. The van der Waals surface area contributed by atoms with Gasteiger partial charge in [0.25, 0.3) is 0 Å². The average molecular weight is 408 g/mol. The number of sulfonamides is 1. The van der Waals surface area contributed by atoms with E-state index in [0.717, 1.165) is 32.4 Å². The fourth-order valence-corrected chi connectivity index (χ4v) is 4.45. The Kier molecular flexibility index (Phi) is 6.76. The first-order valence-electron chi connectivity index (χ1n) is 9.30. The van der Waals surface area contributed by atoms with Crippen LogP contribution in [-0.4, -0.2) is 49.3 Å². The molecule has 28 heavy (non-hydrogen) atoms. The zero-order valence-electron chi connectivity index (χ0n) is 15.4. The Morgan fingerprint density at radius 2 is 2.04 bits per heavy atom. The fourth-order valence-electron chi connectivity index (χ4n) is 3.22. The first-order chi connectivity index (χ1) is 13.5. The van der Waals surface area contributed by atoms with Crippen molar-refractivity contribution >= 4 is 16.0 Å². The summed E-state index contributed by atoms with van der Waals surface area (Å²) in [5.74, 6) is 0.245. The topological polar surface area (TPSA) is 134 Å².